The Morgan fingerprint density at radius 1 is 1.11 bits per heavy atom. The smallest absolute Gasteiger partial charge is 0.172 e. The number of aliphatic hydroxyl groups is 1. The lowest BCUT2D eigenvalue weighted by molar-refractivity contribution is -0.698. The lowest BCUT2D eigenvalue weighted by atomic mass is 10.1. The van der Waals surface area contributed by atoms with Crippen LogP contribution in [0.5, 0.6) is 0 Å². The molecule has 3 heteroatoms. The second kappa shape index (κ2) is 11.5. The highest BCUT2D eigenvalue weighted by Gasteiger charge is 2.01. The van der Waals surface area contributed by atoms with Gasteiger partial charge in [-0.25, -0.2) is 4.57 Å². The van der Waals surface area contributed by atoms with Crippen LogP contribution in [-0.4, -0.2) is 11.7 Å². The van der Waals surface area contributed by atoms with Gasteiger partial charge in [0.05, 0.1) is 0 Å². The van der Waals surface area contributed by atoms with Gasteiger partial charge >= 0.3 is 0 Å². The Hall–Kier alpha value is -0.600. The van der Waals surface area contributed by atoms with Crippen molar-refractivity contribution in [2.24, 2.45) is 0 Å². The number of aromatic nitrogens is 1. The van der Waals surface area contributed by atoms with E-state index in [9.17, 15) is 0 Å². The van der Waals surface area contributed by atoms with Crippen molar-refractivity contribution in [2.45, 2.75) is 58.4 Å². The van der Waals surface area contributed by atoms with Crippen LogP contribution in [0, 0.1) is 0 Å². The van der Waals surface area contributed by atoms with Crippen LogP contribution in [0.1, 0.15) is 51.0 Å². The zero-order valence-corrected chi connectivity index (χ0v) is 12.2. The fourth-order valence-corrected chi connectivity index (χ4v) is 2.09. The van der Waals surface area contributed by atoms with Gasteiger partial charge in [-0.15, -0.1) is 0 Å². The molecule has 0 fully saturated rings. The lowest BCUT2D eigenvalue weighted by Gasteiger charge is -2.01. The van der Waals surface area contributed by atoms with Gasteiger partial charge in [-0.3, -0.25) is 0 Å². The van der Waals surface area contributed by atoms with E-state index in [0.29, 0.717) is 6.54 Å². The molecule has 104 valence electrons. The first-order valence-electron chi connectivity index (χ1n) is 6.95. The number of halogens is 1. The predicted molar refractivity (Wildman–Crippen MR) is 70.8 cm³/mol. The molecule has 1 aromatic heterocycles. The van der Waals surface area contributed by atoms with E-state index in [2.05, 4.69) is 29.8 Å². The first-order chi connectivity index (χ1) is 8.36. The highest BCUT2D eigenvalue weighted by atomic mass is 35.5. The Morgan fingerprint density at radius 2 is 1.83 bits per heavy atom. The van der Waals surface area contributed by atoms with Gasteiger partial charge in [0, 0.05) is 11.6 Å². The molecule has 1 aromatic rings. The molecule has 0 aliphatic rings. The maximum Gasteiger partial charge on any atom is 0.172 e. The normalized spacial score (nSPS) is 10.1. The number of aliphatic hydroxyl groups excluding tert-OH is 1. The number of rotatable bonds is 9. The van der Waals surface area contributed by atoms with Crippen LogP contribution in [0.4, 0.5) is 0 Å². The van der Waals surface area contributed by atoms with Crippen molar-refractivity contribution in [3.05, 3.63) is 30.1 Å². The quantitative estimate of drug-likeness (QED) is 0.491. The second-order valence-electron chi connectivity index (χ2n) is 4.69. The minimum atomic E-state index is 0. The third-order valence-corrected chi connectivity index (χ3v) is 3.10. The third-order valence-electron chi connectivity index (χ3n) is 3.10. The fourth-order valence-electron chi connectivity index (χ4n) is 2.09. The van der Waals surface area contributed by atoms with E-state index in [1.165, 1.54) is 50.5 Å². The first kappa shape index (κ1) is 17.4. The van der Waals surface area contributed by atoms with Crippen molar-refractivity contribution >= 4 is 0 Å². The molecule has 1 rings (SSSR count). The van der Waals surface area contributed by atoms with E-state index in [1.54, 1.807) is 0 Å². The minimum Gasteiger partial charge on any atom is -1.00 e. The van der Waals surface area contributed by atoms with E-state index in [0.717, 1.165) is 0 Å². The fraction of sp³-hybridized carbons (Fsp3) is 0.667. The summed E-state index contributed by atoms with van der Waals surface area (Å²) >= 11 is 0. The van der Waals surface area contributed by atoms with Crippen molar-refractivity contribution in [3.8, 4) is 0 Å². The number of aryl methyl sites for hydroxylation is 1. The second-order valence-corrected chi connectivity index (χ2v) is 4.69. The molecule has 0 radical (unpaired) electrons. The zero-order chi connectivity index (χ0) is 12.3. The van der Waals surface area contributed by atoms with Crippen molar-refractivity contribution in [1.82, 2.24) is 0 Å². The Balaban J connectivity index is 0.00000289. The molecule has 0 aliphatic heterocycles. The molecule has 0 bridgehead atoms. The number of unbranched alkanes of at least 4 members (excludes halogenated alkanes) is 5. The molecule has 1 heterocycles. The number of hydrogen-bond acceptors (Lipinski definition) is 1. The summed E-state index contributed by atoms with van der Waals surface area (Å²) in [6.45, 7) is 3.17. The monoisotopic (exact) mass is 271 g/mol. The predicted octanol–water partition coefficient (Wildman–Crippen LogP) is -0.127. The largest absolute Gasteiger partial charge is 1.00 e. The molecule has 0 unspecified atom stereocenters. The van der Waals surface area contributed by atoms with E-state index in [1.807, 2.05) is 6.20 Å². The average molecular weight is 272 g/mol. The topological polar surface area (TPSA) is 24.1 Å². The molecule has 1 N–H and O–H groups in total. The standard InChI is InChI=1S/C15H26NO.ClH/c1-2-3-4-5-6-7-9-15-10-8-11-16(14-15)12-13-17;/h8,10-11,14,17H,2-7,9,12-13H2,1H3;1H/q+1;/p-1. The Bertz CT molecular complexity index is 304. The zero-order valence-electron chi connectivity index (χ0n) is 11.4. The maximum absolute atomic E-state index is 8.89. The summed E-state index contributed by atoms with van der Waals surface area (Å²) in [4.78, 5) is 0. The van der Waals surface area contributed by atoms with Gasteiger partial charge in [-0.05, 0) is 18.9 Å². The third kappa shape index (κ3) is 7.67. The number of pyridine rings is 1. The summed E-state index contributed by atoms with van der Waals surface area (Å²) in [7, 11) is 0. The van der Waals surface area contributed by atoms with Gasteiger partial charge in [-0.1, -0.05) is 39.0 Å². The summed E-state index contributed by atoms with van der Waals surface area (Å²) < 4.78 is 2.06. The van der Waals surface area contributed by atoms with E-state index >= 15 is 0 Å². The van der Waals surface area contributed by atoms with E-state index < -0.39 is 0 Å². The highest BCUT2D eigenvalue weighted by Crippen LogP contribution is 2.08. The molecule has 18 heavy (non-hydrogen) atoms. The summed E-state index contributed by atoms with van der Waals surface area (Å²) in [5.74, 6) is 0. The van der Waals surface area contributed by atoms with Crippen LogP contribution in [0.3, 0.4) is 0 Å². The molecule has 0 aliphatic carbocycles. The summed E-state index contributed by atoms with van der Waals surface area (Å²) in [6, 6.07) is 4.25. The molecular weight excluding hydrogens is 246 g/mol. The Morgan fingerprint density at radius 3 is 2.56 bits per heavy atom. The molecule has 0 atom stereocenters. The summed E-state index contributed by atoms with van der Waals surface area (Å²) in [6.07, 6.45) is 13.4. The van der Waals surface area contributed by atoms with Crippen molar-refractivity contribution in [1.29, 1.82) is 0 Å². The molecule has 0 spiro atoms. The molecule has 2 nitrogen and oxygen atoms in total. The van der Waals surface area contributed by atoms with Gasteiger partial charge in [0.15, 0.2) is 18.9 Å². The van der Waals surface area contributed by atoms with E-state index in [-0.39, 0.29) is 19.0 Å². The van der Waals surface area contributed by atoms with Crippen LogP contribution >= 0.6 is 0 Å². The number of hydrogen-bond donors (Lipinski definition) is 1. The lowest BCUT2D eigenvalue weighted by Crippen LogP contribution is -3.00. The molecule has 0 saturated heterocycles. The van der Waals surface area contributed by atoms with Crippen molar-refractivity contribution in [2.75, 3.05) is 6.61 Å². The first-order valence-corrected chi connectivity index (χ1v) is 6.95. The molecule has 0 amide bonds. The van der Waals surface area contributed by atoms with Gasteiger partial charge in [0.25, 0.3) is 0 Å². The average Bonchev–Trinajstić information content (AvgIpc) is 2.35. The maximum atomic E-state index is 8.89. The minimum absolute atomic E-state index is 0. The molecule has 0 aromatic carbocycles. The van der Waals surface area contributed by atoms with Gasteiger partial charge in [0.1, 0.15) is 6.61 Å². The molecular formula is C15H26ClNO. The van der Waals surface area contributed by atoms with Gasteiger partial charge in [-0.2, -0.15) is 0 Å². The van der Waals surface area contributed by atoms with Gasteiger partial charge < -0.3 is 17.5 Å². The van der Waals surface area contributed by atoms with Crippen LogP contribution in [0.15, 0.2) is 24.5 Å². The highest BCUT2D eigenvalue weighted by molar-refractivity contribution is 5.05. The molecule has 0 saturated carbocycles. The Kier molecular flexibility index (Phi) is 11.1. The SMILES string of the molecule is CCCCCCCCc1ccc[n+](CCO)c1.[Cl-]. The summed E-state index contributed by atoms with van der Waals surface area (Å²) in [5, 5.41) is 8.89. The van der Waals surface area contributed by atoms with Crippen LogP contribution in [-0.2, 0) is 13.0 Å². The van der Waals surface area contributed by atoms with Crippen molar-refractivity contribution < 1.29 is 22.1 Å². The van der Waals surface area contributed by atoms with Crippen LogP contribution < -0.4 is 17.0 Å². The van der Waals surface area contributed by atoms with E-state index in [4.69, 9.17) is 5.11 Å². The Labute approximate surface area is 117 Å². The van der Waals surface area contributed by atoms with Crippen LogP contribution in [0.25, 0.3) is 0 Å². The van der Waals surface area contributed by atoms with Crippen molar-refractivity contribution in [3.63, 3.8) is 0 Å². The summed E-state index contributed by atoms with van der Waals surface area (Å²) in [5.41, 5.74) is 1.39. The van der Waals surface area contributed by atoms with Crippen LogP contribution in [0.2, 0.25) is 0 Å². The van der Waals surface area contributed by atoms with Gasteiger partial charge in [0.2, 0.25) is 0 Å². The number of nitrogens with zero attached hydrogens (tertiary/aromatic N) is 1.